The maximum atomic E-state index is 14.8. The molecule has 6 amide bonds. The van der Waals surface area contributed by atoms with Crippen molar-refractivity contribution in [1.29, 1.82) is 0 Å². The van der Waals surface area contributed by atoms with E-state index in [-0.39, 0.29) is 59.4 Å². The quantitative estimate of drug-likeness (QED) is 0.231. The molecule has 1 atom stereocenters. The minimum absolute atomic E-state index is 0.0176. The molecule has 0 spiro atoms. The van der Waals surface area contributed by atoms with Gasteiger partial charge in [-0.1, -0.05) is 0 Å². The first-order valence-electron chi connectivity index (χ1n) is 21.9. The maximum Gasteiger partial charge on any atom is 0.342 e. The van der Waals surface area contributed by atoms with Crippen LogP contribution in [0.5, 0.6) is 5.75 Å². The monoisotopic (exact) mass is 884 g/mol. The van der Waals surface area contributed by atoms with Crippen LogP contribution in [0.15, 0.2) is 42.6 Å². The molecule has 64 heavy (non-hydrogen) atoms. The van der Waals surface area contributed by atoms with Crippen LogP contribution in [-0.4, -0.2) is 133 Å². The number of imide groups is 2. The summed E-state index contributed by atoms with van der Waals surface area (Å²) in [6.45, 7) is 5.23. The first kappa shape index (κ1) is 44.4. The summed E-state index contributed by atoms with van der Waals surface area (Å²) >= 11 is 0. The first-order chi connectivity index (χ1) is 30.5. The number of halogens is 2. The summed E-state index contributed by atoms with van der Waals surface area (Å²) in [5, 5.41) is 8.51. The van der Waals surface area contributed by atoms with Crippen molar-refractivity contribution >= 4 is 64.3 Å². The Morgan fingerprint density at radius 2 is 1.69 bits per heavy atom. The number of hydrogen-bond acceptors (Lipinski definition) is 13. The van der Waals surface area contributed by atoms with Crippen LogP contribution in [0.25, 0.3) is 0 Å². The summed E-state index contributed by atoms with van der Waals surface area (Å²) in [5.41, 5.74) is 2.47. The molecule has 1 aromatic heterocycles. The molecular weight excluding hydrogens is 831 g/mol. The van der Waals surface area contributed by atoms with Gasteiger partial charge in [-0.05, 0) is 108 Å². The van der Waals surface area contributed by atoms with Gasteiger partial charge >= 0.3 is 5.92 Å². The van der Waals surface area contributed by atoms with Crippen molar-refractivity contribution in [2.24, 2.45) is 5.92 Å². The predicted octanol–water partition coefficient (Wildman–Crippen LogP) is 4.35. The molecule has 2 saturated heterocycles. The number of carbonyl (C=O) groups is 6. The Hall–Kier alpha value is -6.24. The predicted molar refractivity (Wildman–Crippen MR) is 233 cm³/mol. The molecular formula is C45H54F2N10O7. The van der Waals surface area contributed by atoms with Gasteiger partial charge in [0.2, 0.25) is 17.8 Å². The van der Waals surface area contributed by atoms with Gasteiger partial charge in [0.15, 0.2) is 5.82 Å². The maximum absolute atomic E-state index is 14.8. The Kier molecular flexibility index (Phi) is 12.3. The second-order valence-electron chi connectivity index (χ2n) is 17.8. The smallest absolute Gasteiger partial charge is 0.342 e. The highest BCUT2D eigenvalue weighted by Crippen LogP contribution is 2.38. The third kappa shape index (κ3) is 8.68. The topological polar surface area (TPSA) is 190 Å². The van der Waals surface area contributed by atoms with Gasteiger partial charge in [0.1, 0.15) is 17.5 Å². The van der Waals surface area contributed by atoms with Crippen LogP contribution in [0.1, 0.15) is 96.3 Å². The molecule has 1 aliphatic carbocycles. The van der Waals surface area contributed by atoms with E-state index in [1.54, 1.807) is 44.2 Å². The average molecular weight is 885 g/mol. The highest BCUT2D eigenvalue weighted by atomic mass is 19.3. The number of nitrogens with zero attached hydrogens (tertiary/aromatic N) is 7. The highest BCUT2D eigenvalue weighted by molar-refractivity contribution is 6.23. The van der Waals surface area contributed by atoms with E-state index < -0.39 is 48.0 Å². The van der Waals surface area contributed by atoms with Crippen LogP contribution in [0, 0.1) is 5.92 Å². The molecule has 2 aromatic carbocycles. The Bertz CT molecular complexity index is 2360. The van der Waals surface area contributed by atoms with E-state index in [0.717, 1.165) is 73.6 Å². The number of hydrogen-bond donors (Lipinski definition) is 3. The van der Waals surface area contributed by atoms with Crippen molar-refractivity contribution in [3.63, 3.8) is 0 Å². The fraction of sp³-hybridized carbons (Fsp3) is 0.511. The van der Waals surface area contributed by atoms with E-state index in [4.69, 9.17) is 4.74 Å². The van der Waals surface area contributed by atoms with Crippen LogP contribution in [0.3, 0.4) is 0 Å². The highest BCUT2D eigenvalue weighted by Gasteiger charge is 2.48. The SMILES string of the molecule is COc1cc(C(=O)N[C@H]2CC[C@H](N(C)CC3CCN(c4ccc5c(c4)C(=O)N(C4CCC(=O)NC4=O)C5=O)CC3)CC2)ccc1Nc1ncc2c(n1)N(C(C)C)CC(F)(F)C(=O)N2C. The van der Waals surface area contributed by atoms with Crippen molar-refractivity contribution in [3.8, 4) is 5.75 Å². The summed E-state index contributed by atoms with van der Waals surface area (Å²) in [6.07, 6.45) is 7.04. The number of methoxy groups -OCH3 is 1. The van der Waals surface area contributed by atoms with Crippen LogP contribution >= 0.6 is 0 Å². The Morgan fingerprint density at radius 3 is 2.38 bits per heavy atom. The molecule has 3 N–H and O–H groups in total. The third-order valence-electron chi connectivity index (χ3n) is 13.3. The van der Waals surface area contributed by atoms with Gasteiger partial charge in [-0.2, -0.15) is 13.8 Å². The van der Waals surface area contributed by atoms with Crippen LogP contribution in [-0.2, 0) is 14.4 Å². The number of alkyl halides is 2. The number of anilines is 5. The van der Waals surface area contributed by atoms with Crippen LogP contribution in [0.2, 0.25) is 0 Å². The average Bonchev–Trinajstić information content (AvgIpc) is 3.49. The van der Waals surface area contributed by atoms with Crippen molar-refractivity contribution in [3.05, 3.63) is 59.3 Å². The lowest BCUT2D eigenvalue weighted by Crippen LogP contribution is -2.54. The lowest BCUT2D eigenvalue weighted by molar-refractivity contribution is -0.140. The molecule has 17 nitrogen and oxygen atoms in total. The Balaban J connectivity index is 0.807. The molecule has 3 fully saturated rings. The van der Waals surface area contributed by atoms with Crippen LogP contribution < -0.4 is 35.4 Å². The summed E-state index contributed by atoms with van der Waals surface area (Å²) in [5.74, 6) is -6.06. The molecule has 0 bridgehead atoms. The van der Waals surface area contributed by atoms with E-state index in [1.807, 2.05) is 6.07 Å². The Labute approximate surface area is 369 Å². The second kappa shape index (κ2) is 17.7. The van der Waals surface area contributed by atoms with Gasteiger partial charge in [0.05, 0.1) is 36.7 Å². The summed E-state index contributed by atoms with van der Waals surface area (Å²) < 4.78 is 35.2. The van der Waals surface area contributed by atoms with E-state index in [2.05, 4.69) is 42.8 Å². The number of aromatic nitrogens is 2. The second-order valence-corrected chi connectivity index (χ2v) is 17.8. The van der Waals surface area contributed by atoms with Gasteiger partial charge in [-0.3, -0.25) is 39.0 Å². The van der Waals surface area contributed by atoms with E-state index in [9.17, 15) is 37.5 Å². The molecule has 1 saturated carbocycles. The molecule has 5 aliphatic rings. The summed E-state index contributed by atoms with van der Waals surface area (Å²) in [4.78, 5) is 93.3. The van der Waals surface area contributed by atoms with Crippen molar-refractivity contribution in [2.75, 3.05) is 67.4 Å². The van der Waals surface area contributed by atoms with Crippen molar-refractivity contribution in [1.82, 2.24) is 30.4 Å². The van der Waals surface area contributed by atoms with Gasteiger partial charge in [-0.25, -0.2) is 4.98 Å². The molecule has 5 heterocycles. The number of benzene rings is 2. The van der Waals surface area contributed by atoms with Gasteiger partial charge in [0, 0.05) is 62.5 Å². The van der Waals surface area contributed by atoms with Crippen LogP contribution in [0.4, 0.5) is 37.6 Å². The third-order valence-corrected chi connectivity index (χ3v) is 13.3. The molecule has 0 radical (unpaired) electrons. The van der Waals surface area contributed by atoms with Gasteiger partial charge in [-0.15, -0.1) is 0 Å². The standard InChI is InChI=1S/C45H54F2N10O7/c1-25(2)56-24-45(46,47)43(63)54(4)35-22-48-44(52-38(35)56)50-33-13-6-27(20-36(33)64-5)39(59)49-28-7-9-29(10-8-28)53(3)23-26-16-18-55(19-17-26)30-11-12-31-32(21-30)42(62)57(41(31)61)34-14-15-37(58)51-40(34)60/h6,11-13,20-22,25-26,28-29,34H,7-10,14-19,23-24H2,1-5H3,(H,49,59)(H,48,50,52)(H,51,58,60)/t28-,29-,34?. The number of fused-ring (bicyclic) bond motifs is 2. The first-order valence-corrected chi connectivity index (χ1v) is 21.9. The molecule has 340 valence electrons. The number of nitrogens with one attached hydrogen (secondary N) is 3. The molecule has 8 rings (SSSR count). The number of amides is 6. The van der Waals surface area contributed by atoms with E-state index >= 15 is 0 Å². The Morgan fingerprint density at radius 1 is 0.969 bits per heavy atom. The van der Waals surface area contributed by atoms with Crippen molar-refractivity contribution in [2.45, 2.75) is 95.3 Å². The zero-order valence-electron chi connectivity index (χ0n) is 36.7. The molecule has 4 aliphatic heterocycles. The minimum Gasteiger partial charge on any atom is -0.495 e. The lowest BCUT2D eigenvalue weighted by atomic mass is 9.88. The fourth-order valence-electron chi connectivity index (χ4n) is 9.58. The number of ether oxygens (including phenoxy) is 1. The largest absolute Gasteiger partial charge is 0.495 e. The number of piperidine rings is 2. The number of rotatable bonds is 11. The number of carbonyl (C=O) groups excluding carboxylic acids is 6. The zero-order valence-corrected chi connectivity index (χ0v) is 36.7. The van der Waals surface area contributed by atoms with E-state index in [1.165, 1.54) is 25.3 Å². The molecule has 3 aromatic rings. The van der Waals surface area contributed by atoms with Crippen molar-refractivity contribution < 1.29 is 42.3 Å². The zero-order chi connectivity index (χ0) is 45.6. The molecule has 1 unspecified atom stereocenters. The summed E-state index contributed by atoms with van der Waals surface area (Å²) in [6, 6.07) is 9.29. The van der Waals surface area contributed by atoms with Gasteiger partial charge < -0.3 is 35.0 Å². The lowest BCUT2D eigenvalue weighted by Gasteiger charge is -2.39. The minimum atomic E-state index is -3.61. The summed E-state index contributed by atoms with van der Waals surface area (Å²) in [7, 11) is 4.93. The van der Waals surface area contributed by atoms with Gasteiger partial charge in [0.25, 0.3) is 23.6 Å². The normalized spacial score (nSPS) is 22.7. The van der Waals surface area contributed by atoms with E-state index in [0.29, 0.717) is 29.0 Å². The molecule has 19 heteroatoms. The fourth-order valence-corrected chi connectivity index (χ4v) is 9.58.